The Morgan fingerprint density at radius 1 is 0.609 bits per heavy atom. The lowest BCUT2D eigenvalue weighted by Gasteiger charge is -2.31. The van der Waals surface area contributed by atoms with Crippen molar-refractivity contribution in [3.63, 3.8) is 0 Å². The Kier molecular flexibility index (Phi) is 3.54. The van der Waals surface area contributed by atoms with Crippen LogP contribution >= 0.6 is 10.0 Å². The Morgan fingerprint density at radius 2 is 0.957 bits per heavy atom. The number of fused-ring (bicyclic) bond motifs is 3. The van der Waals surface area contributed by atoms with Crippen molar-refractivity contribution < 1.29 is 0 Å². The first-order chi connectivity index (χ1) is 10.4. The summed E-state index contributed by atoms with van der Waals surface area (Å²) in [6, 6.07) is 14.3. The van der Waals surface area contributed by atoms with Gasteiger partial charge in [0.15, 0.2) is 0 Å². The van der Waals surface area contributed by atoms with Gasteiger partial charge in [0, 0.05) is 9.79 Å². The van der Waals surface area contributed by atoms with Crippen LogP contribution in [0.15, 0.2) is 46.2 Å². The molecule has 3 rings (SSSR count). The summed E-state index contributed by atoms with van der Waals surface area (Å²) in [7, 11) is -0.930. The van der Waals surface area contributed by atoms with Crippen molar-refractivity contribution in [1.29, 1.82) is 0 Å². The third-order valence-electron chi connectivity index (χ3n) is 5.09. The first-order valence-corrected chi connectivity index (χ1v) is 10.9. The fourth-order valence-electron chi connectivity index (χ4n) is 3.39. The molecular weight excluding hydrogens is 296 g/mol. The van der Waals surface area contributed by atoms with Crippen molar-refractivity contribution in [1.82, 2.24) is 0 Å². The van der Waals surface area contributed by atoms with Gasteiger partial charge in [0.1, 0.15) is 0 Å². The average molecular weight is 327 g/mol. The highest BCUT2D eigenvalue weighted by Gasteiger charge is 2.33. The Morgan fingerprint density at radius 3 is 1.26 bits per heavy atom. The second-order valence-corrected chi connectivity index (χ2v) is 12.8. The molecule has 2 aromatic rings. The van der Waals surface area contributed by atoms with E-state index < -0.39 is 10.0 Å². The van der Waals surface area contributed by atoms with Crippen molar-refractivity contribution in [2.24, 2.45) is 0 Å². The molecule has 0 bridgehead atoms. The predicted molar refractivity (Wildman–Crippen MR) is 105 cm³/mol. The van der Waals surface area contributed by atoms with Gasteiger partial charge in [-0.1, -0.05) is 65.8 Å². The van der Waals surface area contributed by atoms with E-state index in [2.05, 4.69) is 90.5 Å². The van der Waals surface area contributed by atoms with Crippen LogP contribution < -0.4 is 0 Å². The molecule has 0 spiro atoms. The third kappa shape index (κ3) is 2.63. The molecule has 0 amide bonds. The van der Waals surface area contributed by atoms with Crippen LogP contribution in [0, 0.1) is 0 Å². The summed E-state index contributed by atoms with van der Waals surface area (Å²) >= 11 is 0. The summed E-state index contributed by atoms with van der Waals surface area (Å²) in [4.78, 5) is 3.12. The van der Waals surface area contributed by atoms with E-state index in [1.165, 1.54) is 22.3 Å². The van der Waals surface area contributed by atoms with Crippen LogP contribution in [0.4, 0.5) is 0 Å². The molecule has 1 heteroatoms. The number of hydrogen-bond donors (Lipinski definition) is 0. The zero-order valence-corrected chi connectivity index (χ0v) is 16.7. The maximum absolute atomic E-state index is 2.47. The van der Waals surface area contributed by atoms with Crippen LogP contribution in [-0.2, 0) is 10.8 Å². The summed E-state index contributed by atoms with van der Waals surface area (Å²) in [6.45, 7) is 13.8. The summed E-state index contributed by atoms with van der Waals surface area (Å²) in [5.74, 6) is 0. The highest BCUT2D eigenvalue weighted by molar-refractivity contribution is 8.33. The SMILES string of the molecule is CC(C)(C)c1ccc2c(c1)S(C)(C)c1cc(C(C)(C)C)ccc1-2. The molecule has 1 aliphatic rings. The molecule has 0 nitrogen and oxygen atoms in total. The molecule has 0 saturated carbocycles. The molecule has 0 saturated heterocycles. The van der Waals surface area contributed by atoms with Gasteiger partial charge in [-0.3, -0.25) is 0 Å². The van der Waals surface area contributed by atoms with E-state index in [-0.39, 0.29) is 10.8 Å². The molecule has 0 N–H and O–H groups in total. The minimum atomic E-state index is -0.930. The summed E-state index contributed by atoms with van der Waals surface area (Å²) in [6.07, 6.45) is 4.91. The van der Waals surface area contributed by atoms with Gasteiger partial charge >= 0.3 is 0 Å². The molecule has 0 unspecified atom stereocenters. The lowest BCUT2D eigenvalue weighted by molar-refractivity contribution is 0.588. The second-order valence-electron chi connectivity index (χ2n) is 9.25. The quantitative estimate of drug-likeness (QED) is 0.502. The Bertz CT molecular complexity index is 702. The molecule has 1 heterocycles. The molecule has 1 aliphatic heterocycles. The van der Waals surface area contributed by atoms with E-state index >= 15 is 0 Å². The van der Waals surface area contributed by atoms with Crippen molar-refractivity contribution in [3.05, 3.63) is 47.5 Å². The van der Waals surface area contributed by atoms with Crippen molar-refractivity contribution >= 4 is 10.0 Å². The van der Waals surface area contributed by atoms with Crippen molar-refractivity contribution in [3.8, 4) is 11.1 Å². The second kappa shape index (κ2) is 4.89. The van der Waals surface area contributed by atoms with Crippen LogP contribution in [0.25, 0.3) is 11.1 Å². The fraction of sp³-hybridized carbons (Fsp3) is 0.455. The van der Waals surface area contributed by atoms with E-state index in [1.54, 1.807) is 9.79 Å². The maximum Gasteiger partial charge on any atom is 0.00183 e. The minimum Gasteiger partial charge on any atom is -0.192 e. The van der Waals surface area contributed by atoms with E-state index in [4.69, 9.17) is 0 Å². The Hall–Kier alpha value is -1.21. The molecular formula is C22H30S. The van der Waals surface area contributed by atoms with Gasteiger partial charge in [0.25, 0.3) is 0 Å². The molecule has 0 atom stereocenters. The van der Waals surface area contributed by atoms with E-state index in [0.29, 0.717) is 0 Å². The lowest BCUT2D eigenvalue weighted by atomic mass is 9.85. The zero-order chi connectivity index (χ0) is 17.2. The predicted octanol–water partition coefficient (Wildman–Crippen LogP) is 6.74. The lowest BCUT2D eigenvalue weighted by Crippen LogP contribution is -2.11. The molecule has 124 valence electrons. The first kappa shape index (κ1) is 16.6. The topological polar surface area (TPSA) is 0 Å². The number of hydrogen-bond acceptors (Lipinski definition) is 0. The highest BCUT2D eigenvalue weighted by Crippen LogP contribution is 2.67. The monoisotopic (exact) mass is 326 g/mol. The van der Waals surface area contributed by atoms with Gasteiger partial charge in [-0.05, 0) is 57.7 Å². The Labute approximate surface area is 143 Å². The number of benzene rings is 2. The maximum atomic E-state index is 2.47. The summed E-state index contributed by atoms with van der Waals surface area (Å²) in [5, 5.41) is 0. The molecule has 0 radical (unpaired) electrons. The molecule has 2 aromatic carbocycles. The largest absolute Gasteiger partial charge is 0.192 e. The summed E-state index contributed by atoms with van der Waals surface area (Å²) < 4.78 is 0. The van der Waals surface area contributed by atoms with Crippen molar-refractivity contribution in [2.45, 2.75) is 62.2 Å². The normalized spacial score (nSPS) is 17.6. The zero-order valence-electron chi connectivity index (χ0n) is 15.9. The van der Waals surface area contributed by atoms with Crippen LogP contribution in [-0.4, -0.2) is 12.5 Å². The average Bonchev–Trinajstić information content (AvgIpc) is 2.65. The van der Waals surface area contributed by atoms with Crippen LogP contribution in [0.2, 0.25) is 0 Å². The minimum absolute atomic E-state index is 0.204. The van der Waals surface area contributed by atoms with Gasteiger partial charge in [0.2, 0.25) is 0 Å². The molecule has 23 heavy (non-hydrogen) atoms. The van der Waals surface area contributed by atoms with Crippen LogP contribution in [0.1, 0.15) is 52.7 Å². The van der Waals surface area contributed by atoms with Gasteiger partial charge in [-0.15, -0.1) is 0 Å². The molecule has 0 fully saturated rings. The van der Waals surface area contributed by atoms with Crippen LogP contribution in [0.5, 0.6) is 0 Å². The highest BCUT2D eigenvalue weighted by atomic mass is 32.3. The van der Waals surface area contributed by atoms with Gasteiger partial charge in [-0.25, -0.2) is 0 Å². The van der Waals surface area contributed by atoms with Gasteiger partial charge in [0.05, 0.1) is 0 Å². The first-order valence-electron chi connectivity index (χ1n) is 8.45. The fourth-order valence-corrected chi connectivity index (χ4v) is 5.92. The van der Waals surface area contributed by atoms with E-state index in [9.17, 15) is 0 Å². The van der Waals surface area contributed by atoms with Crippen molar-refractivity contribution in [2.75, 3.05) is 12.5 Å². The van der Waals surface area contributed by atoms with Gasteiger partial charge < -0.3 is 0 Å². The number of rotatable bonds is 0. The Balaban J connectivity index is 2.22. The summed E-state index contributed by atoms with van der Waals surface area (Å²) in [5.41, 5.74) is 6.20. The van der Waals surface area contributed by atoms with E-state index in [0.717, 1.165) is 0 Å². The van der Waals surface area contributed by atoms with Crippen LogP contribution in [0.3, 0.4) is 0 Å². The van der Waals surface area contributed by atoms with E-state index in [1.807, 2.05) is 0 Å². The molecule has 0 aromatic heterocycles. The standard InChI is InChI=1S/C22H30S/c1-21(2,3)15-9-11-17-18-12-10-16(22(4,5)6)14-20(18)23(7,8)19(17)13-15/h9-14H,1-8H3. The molecule has 0 aliphatic carbocycles. The van der Waals surface area contributed by atoms with Gasteiger partial charge in [-0.2, -0.15) is 10.0 Å². The smallest absolute Gasteiger partial charge is 0.00183 e. The third-order valence-corrected chi connectivity index (χ3v) is 7.96.